The fraction of sp³-hybridized carbons (Fsp3) is 0.367. The van der Waals surface area contributed by atoms with E-state index in [2.05, 4.69) is 10.3 Å². The second kappa shape index (κ2) is 13.4. The van der Waals surface area contributed by atoms with Crippen LogP contribution in [0.5, 0.6) is 17.2 Å². The first-order valence-electron chi connectivity index (χ1n) is 13.5. The summed E-state index contributed by atoms with van der Waals surface area (Å²) in [6.07, 6.45) is -9.38. The number of aliphatic carboxylic acids is 1. The summed E-state index contributed by atoms with van der Waals surface area (Å²) in [7, 11) is 1.56. The monoisotopic (exact) mass is 582 g/mol. The third-order valence-corrected chi connectivity index (χ3v) is 7.03. The van der Waals surface area contributed by atoms with Crippen molar-refractivity contribution < 1.29 is 48.9 Å². The highest BCUT2D eigenvalue weighted by molar-refractivity contribution is 6.10. The number of rotatable bonds is 13. The summed E-state index contributed by atoms with van der Waals surface area (Å²) in [6, 6.07) is 20.8. The van der Waals surface area contributed by atoms with Gasteiger partial charge in [-0.25, -0.2) is 4.79 Å². The quantitative estimate of drug-likeness (QED) is 0.127. The number of carbonyl (C=O) groups is 1. The van der Waals surface area contributed by atoms with Gasteiger partial charge in [0.25, 0.3) is 0 Å². The van der Waals surface area contributed by atoms with Gasteiger partial charge in [-0.05, 0) is 30.3 Å². The number of aliphatic hydroxyl groups is 3. The van der Waals surface area contributed by atoms with E-state index in [9.17, 15) is 25.2 Å². The third kappa shape index (κ3) is 6.44. The fourth-order valence-corrected chi connectivity index (χ4v) is 4.91. The van der Waals surface area contributed by atoms with Gasteiger partial charge in [-0.1, -0.05) is 36.4 Å². The molecule has 6 atom stereocenters. The van der Waals surface area contributed by atoms with Crippen LogP contribution in [0.25, 0.3) is 21.8 Å². The minimum Gasteiger partial charge on any atom is -0.493 e. The summed E-state index contributed by atoms with van der Waals surface area (Å²) in [5, 5.41) is 45.3. The summed E-state index contributed by atoms with van der Waals surface area (Å²) in [5.41, 5.74) is 1.85. The normalized spacial score (nSPS) is 23.1. The molecule has 224 valence electrons. The van der Waals surface area contributed by atoms with Crippen LogP contribution in [0.3, 0.4) is 0 Å². The van der Waals surface area contributed by atoms with Crippen LogP contribution in [-0.4, -0.2) is 102 Å². The molecule has 1 aromatic heterocycles. The van der Waals surface area contributed by atoms with Crippen LogP contribution in [0.4, 0.5) is 0 Å². The Balaban J connectivity index is 1.28. The van der Waals surface area contributed by atoms with E-state index < -0.39 is 42.8 Å². The Morgan fingerprint density at radius 1 is 0.905 bits per heavy atom. The Hall–Kier alpha value is -3.91. The van der Waals surface area contributed by atoms with Crippen molar-refractivity contribution in [2.75, 3.05) is 33.4 Å². The number of ether oxygens (including phenoxy) is 5. The van der Waals surface area contributed by atoms with Crippen molar-refractivity contribution >= 4 is 27.8 Å². The zero-order valence-electron chi connectivity index (χ0n) is 22.9. The molecule has 42 heavy (non-hydrogen) atoms. The number of carboxylic acids is 1. The van der Waals surface area contributed by atoms with Crippen LogP contribution in [0.2, 0.25) is 0 Å². The highest BCUT2D eigenvalue weighted by atomic mass is 16.7. The predicted molar refractivity (Wildman–Crippen MR) is 152 cm³/mol. The average Bonchev–Trinajstić information content (AvgIpc) is 3.39. The molecular weight excluding hydrogens is 548 g/mol. The first-order chi connectivity index (χ1) is 20.4. The van der Waals surface area contributed by atoms with Gasteiger partial charge in [0.1, 0.15) is 43.4 Å². The molecule has 6 N–H and O–H groups in total. The maximum atomic E-state index is 11.6. The molecule has 12 nitrogen and oxygen atoms in total. The van der Waals surface area contributed by atoms with Crippen molar-refractivity contribution in [3.63, 3.8) is 0 Å². The summed E-state index contributed by atoms with van der Waals surface area (Å²) < 4.78 is 28.6. The Kier molecular flexibility index (Phi) is 9.42. The van der Waals surface area contributed by atoms with Crippen LogP contribution in [0, 0.1) is 0 Å². The molecule has 0 amide bonds. The lowest BCUT2D eigenvalue weighted by Crippen LogP contribution is -2.61. The molecule has 4 aromatic rings. The smallest absolute Gasteiger partial charge is 0.335 e. The summed E-state index contributed by atoms with van der Waals surface area (Å²) in [6.45, 7) is 0.893. The largest absolute Gasteiger partial charge is 0.493 e. The molecule has 0 bridgehead atoms. The van der Waals surface area contributed by atoms with E-state index in [1.54, 1.807) is 19.2 Å². The van der Waals surface area contributed by atoms with Crippen LogP contribution < -0.4 is 19.5 Å². The molecule has 12 heteroatoms. The molecule has 0 saturated carbocycles. The summed E-state index contributed by atoms with van der Waals surface area (Å²) in [4.78, 5) is 14.9. The van der Waals surface area contributed by atoms with Gasteiger partial charge in [0.05, 0.1) is 12.6 Å². The zero-order valence-corrected chi connectivity index (χ0v) is 22.9. The highest BCUT2D eigenvalue weighted by Gasteiger charge is 2.48. The number of aromatic nitrogens is 1. The van der Waals surface area contributed by atoms with E-state index in [0.717, 1.165) is 21.8 Å². The second-order valence-electron chi connectivity index (χ2n) is 9.86. The number of fused-ring (bicyclic) bond motifs is 3. The predicted octanol–water partition coefficient (Wildman–Crippen LogP) is 1.65. The number of benzene rings is 3. The van der Waals surface area contributed by atoms with E-state index in [-0.39, 0.29) is 13.2 Å². The number of para-hydroxylation sites is 3. The van der Waals surface area contributed by atoms with Gasteiger partial charge in [-0.15, -0.1) is 0 Å². The van der Waals surface area contributed by atoms with Crippen molar-refractivity contribution in [3.05, 3.63) is 66.7 Å². The average molecular weight is 583 g/mol. The van der Waals surface area contributed by atoms with E-state index in [1.165, 1.54) is 0 Å². The van der Waals surface area contributed by atoms with Crippen LogP contribution in [0.1, 0.15) is 0 Å². The number of H-pyrrole nitrogens is 1. The van der Waals surface area contributed by atoms with Crippen LogP contribution >= 0.6 is 0 Å². The number of hydrogen-bond donors (Lipinski definition) is 6. The molecular formula is C30H34N2O10. The molecule has 2 heterocycles. The lowest BCUT2D eigenvalue weighted by Gasteiger charge is -2.39. The summed E-state index contributed by atoms with van der Waals surface area (Å²) in [5.74, 6) is 0.306. The van der Waals surface area contributed by atoms with Crippen molar-refractivity contribution in [3.8, 4) is 17.2 Å². The molecule has 0 aliphatic carbocycles. The van der Waals surface area contributed by atoms with Crippen molar-refractivity contribution in [2.24, 2.45) is 0 Å². The Bertz CT molecular complexity index is 1490. The molecule has 5 rings (SSSR count). The molecule has 0 spiro atoms. The van der Waals surface area contributed by atoms with E-state index >= 15 is 0 Å². The molecule has 1 unspecified atom stereocenters. The third-order valence-electron chi connectivity index (χ3n) is 7.03. The Labute approximate surface area is 241 Å². The van der Waals surface area contributed by atoms with Crippen LogP contribution in [0.15, 0.2) is 66.7 Å². The van der Waals surface area contributed by atoms with Gasteiger partial charge in [0.2, 0.25) is 0 Å². The first-order valence-corrected chi connectivity index (χ1v) is 13.5. The summed E-state index contributed by atoms with van der Waals surface area (Å²) >= 11 is 0. The lowest BCUT2D eigenvalue weighted by atomic mass is 9.99. The van der Waals surface area contributed by atoms with E-state index in [1.807, 2.05) is 54.6 Å². The SMILES string of the molecule is COc1ccccc1OCCNCC(COc1cccc2[nH]c3ccccc3c12)O[C@@H]1O[C@H](C(=O)O)[C@@H](O)[C@H](O)[C@H]1O. The van der Waals surface area contributed by atoms with Gasteiger partial charge in [-0.2, -0.15) is 0 Å². The van der Waals surface area contributed by atoms with Gasteiger partial charge in [0, 0.05) is 29.4 Å². The van der Waals surface area contributed by atoms with Crippen molar-refractivity contribution in [1.29, 1.82) is 0 Å². The van der Waals surface area contributed by atoms with Gasteiger partial charge in [-0.3, -0.25) is 0 Å². The number of carboxylic acid groups (broad SMARTS) is 1. The standard InChI is InChI=1S/C30H34N2O10/c1-38-21-10-4-5-11-22(21)39-14-13-31-15-17(41-30-27(35)25(33)26(34)28(42-30)29(36)37)16-40-23-12-6-9-20-24(23)18-7-2-3-8-19(18)32-20/h2-12,17,25-28,30-35H,13-16H2,1H3,(H,36,37)/t17?,25-,26-,27+,28-,30+/m0/s1. The maximum absolute atomic E-state index is 11.6. The number of hydrogen-bond acceptors (Lipinski definition) is 10. The van der Waals surface area contributed by atoms with E-state index in [0.29, 0.717) is 30.4 Å². The molecule has 0 radical (unpaired) electrons. The van der Waals surface area contributed by atoms with Gasteiger partial charge >= 0.3 is 5.97 Å². The minimum atomic E-state index is -1.82. The number of nitrogens with one attached hydrogen (secondary N) is 2. The second-order valence-corrected chi connectivity index (χ2v) is 9.86. The van der Waals surface area contributed by atoms with Gasteiger partial charge < -0.3 is 54.4 Å². The Morgan fingerprint density at radius 2 is 1.62 bits per heavy atom. The Morgan fingerprint density at radius 3 is 2.40 bits per heavy atom. The number of methoxy groups -OCH3 is 1. The molecule has 1 aliphatic rings. The highest BCUT2D eigenvalue weighted by Crippen LogP contribution is 2.33. The number of aliphatic hydroxyl groups excluding tert-OH is 3. The zero-order chi connectivity index (χ0) is 29.6. The molecule has 1 aliphatic heterocycles. The molecule has 3 aromatic carbocycles. The van der Waals surface area contributed by atoms with Gasteiger partial charge in [0.15, 0.2) is 23.9 Å². The minimum absolute atomic E-state index is 0.0120. The lowest BCUT2D eigenvalue weighted by molar-refractivity contribution is -0.305. The number of aromatic amines is 1. The van der Waals surface area contributed by atoms with Crippen molar-refractivity contribution in [1.82, 2.24) is 10.3 Å². The molecule has 1 saturated heterocycles. The van der Waals surface area contributed by atoms with Crippen LogP contribution in [-0.2, 0) is 14.3 Å². The first kappa shape index (κ1) is 29.6. The molecule has 1 fully saturated rings. The topological polar surface area (TPSA) is 172 Å². The van der Waals surface area contributed by atoms with E-state index in [4.69, 9.17) is 23.7 Å². The van der Waals surface area contributed by atoms with Crippen molar-refractivity contribution in [2.45, 2.75) is 36.8 Å². The fourth-order valence-electron chi connectivity index (χ4n) is 4.91. The maximum Gasteiger partial charge on any atom is 0.335 e.